The van der Waals surface area contributed by atoms with Gasteiger partial charge in [-0.2, -0.15) is 0 Å². The number of rotatable bonds is 5. The number of hydrogen-bond donors (Lipinski definition) is 1. The van der Waals surface area contributed by atoms with E-state index in [-0.39, 0.29) is 23.3 Å². The molecule has 0 radical (unpaired) electrons. The molecule has 0 aromatic heterocycles. The normalized spacial score (nSPS) is 22.2. The van der Waals surface area contributed by atoms with E-state index in [4.69, 9.17) is 0 Å². The number of hydrogen-bond acceptors (Lipinski definition) is 4. The lowest BCUT2D eigenvalue weighted by molar-refractivity contribution is -0.134. The fourth-order valence-electron chi connectivity index (χ4n) is 3.15. The highest BCUT2D eigenvalue weighted by Gasteiger charge is 2.47. The van der Waals surface area contributed by atoms with Crippen molar-refractivity contribution in [2.45, 2.75) is 32.8 Å². The van der Waals surface area contributed by atoms with Gasteiger partial charge in [0.15, 0.2) is 5.78 Å². The third kappa shape index (κ3) is 5.15. The molecule has 1 aromatic carbocycles. The molecule has 4 nitrogen and oxygen atoms in total. The SMILES string of the molecule is COC(=O)C=C(C)C=C[C@@]1(O)C(C=Cc2ccc(F)cc2F)=CC(=O)CC1(C)C. The fraction of sp³-hybridized carbons (Fsp3) is 0.304. The average molecular weight is 402 g/mol. The number of carbonyl (C=O) groups is 2. The van der Waals surface area contributed by atoms with E-state index in [0.29, 0.717) is 5.57 Å². The summed E-state index contributed by atoms with van der Waals surface area (Å²) in [6.45, 7) is 5.16. The van der Waals surface area contributed by atoms with Crippen LogP contribution in [0.15, 0.2) is 59.7 Å². The Kier molecular flexibility index (Phi) is 6.69. The quantitative estimate of drug-likeness (QED) is 0.453. The third-order valence-corrected chi connectivity index (χ3v) is 4.94. The van der Waals surface area contributed by atoms with E-state index in [2.05, 4.69) is 4.74 Å². The van der Waals surface area contributed by atoms with E-state index in [1.54, 1.807) is 26.8 Å². The molecule has 6 heteroatoms. The summed E-state index contributed by atoms with van der Waals surface area (Å²) < 4.78 is 31.6. The molecule has 0 spiro atoms. The van der Waals surface area contributed by atoms with Crippen molar-refractivity contribution < 1.29 is 28.2 Å². The summed E-state index contributed by atoms with van der Waals surface area (Å²) in [6.07, 6.45) is 8.58. The minimum Gasteiger partial charge on any atom is -0.466 e. The maximum Gasteiger partial charge on any atom is 0.330 e. The fourth-order valence-corrected chi connectivity index (χ4v) is 3.15. The molecular weight excluding hydrogens is 378 g/mol. The van der Waals surface area contributed by atoms with Crippen molar-refractivity contribution in [2.75, 3.05) is 7.11 Å². The van der Waals surface area contributed by atoms with Crippen molar-refractivity contribution in [3.63, 3.8) is 0 Å². The molecule has 0 heterocycles. The van der Waals surface area contributed by atoms with Gasteiger partial charge in [-0.25, -0.2) is 13.6 Å². The first-order chi connectivity index (χ1) is 13.5. The lowest BCUT2D eigenvalue weighted by atomic mass is 9.64. The van der Waals surface area contributed by atoms with Crippen molar-refractivity contribution in [3.05, 3.63) is 76.9 Å². The monoisotopic (exact) mass is 402 g/mol. The molecule has 1 N–H and O–H groups in total. The number of halogens is 2. The topological polar surface area (TPSA) is 63.6 Å². The maximum atomic E-state index is 13.9. The summed E-state index contributed by atoms with van der Waals surface area (Å²) in [5.41, 5.74) is -1.48. The molecule has 1 aliphatic carbocycles. The van der Waals surface area contributed by atoms with Crippen LogP contribution in [0.3, 0.4) is 0 Å². The van der Waals surface area contributed by atoms with Crippen LogP contribution in [0, 0.1) is 17.0 Å². The van der Waals surface area contributed by atoms with Gasteiger partial charge in [0.05, 0.1) is 7.11 Å². The summed E-state index contributed by atoms with van der Waals surface area (Å²) in [5, 5.41) is 11.5. The van der Waals surface area contributed by atoms with Crippen LogP contribution in [0.4, 0.5) is 8.78 Å². The number of ether oxygens (including phenoxy) is 1. The Hall–Kier alpha value is -2.86. The van der Waals surface area contributed by atoms with Crippen LogP contribution in [-0.2, 0) is 14.3 Å². The Labute approximate surface area is 168 Å². The molecule has 0 bridgehead atoms. The Morgan fingerprint density at radius 3 is 2.55 bits per heavy atom. The zero-order valence-corrected chi connectivity index (χ0v) is 16.8. The Bertz CT molecular complexity index is 938. The zero-order chi connectivity index (χ0) is 21.8. The molecule has 0 saturated carbocycles. The van der Waals surface area contributed by atoms with Crippen LogP contribution in [0.25, 0.3) is 6.08 Å². The van der Waals surface area contributed by atoms with Gasteiger partial charge in [0, 0.05) is 29.5 Å². The van der Waals surface area contributed by atoms with Gasteiger partial charge in [0.2, 0.25) is 0 Å². The summed E-state index contributed by atoms with van der Waals surface area (Å²) in [5.74, 6) is -2.15. The number of allylic oxidation sites excluding steroid dienone is 3. The predicted octanol–water partition coefficient (Wildman–Crippen LogP) is 4.31. The van der Waals surface area contributed by atoms with Gasteiger partial charge in [0.1, 0.15) is 17.2 Å². The van der Waals surface area contributed by atoms with Crippen molar-refractivity contribution in [2.24, 2.45) is 5.41 Å². The lowest BCUT2D eigenvalue weighted by Crippen LogP contribution is -2.48. The van der Waals surface area contributed by atoms with Crippen LogP contribution >= 0.6 is 0 Å². The average Bonchev–Trinajstić information content (AvgIpc) is 2.62. The first-order valence-corrected chi connectivity index (χ1v) is 9.04. The van der Waals surface area contributed by atoms with Crippen molar-refractivity contribution in [3.8, 4) is 0 Å². The van der Waals surface area contributed by atoms with Gasteiger partial charge in [-0.3, -0.25) is 4.79 Å². The van der Waals surface area contributed by atoms with E-state index in [9.17, 15) is 23.5 Å². The van der Waals surface area contributed by atoms with Gasteiger partial charge in [-0.1, -0.05) is 32.1 Å². The second-order valence-corrected chi connectivity index (χ2v) is 7.64. The first-order valence-electron chi connectivity index (χ1n) is 9.04. The van der Waals surface area contributed by atoms with Crippen LogP contribution < -0.4 is 0 Å². The maximum absolute atomic E-state index is 13.9. The number of aliphatic hydroxyl groups is 1. The van der Waals surface area contributed by atoms with E-state index in [1.165, 1.54) is 43.6 Å². The molecule has 154 valence electrons. The van der Waals surface area contributed by atoms with E-state index >= 15 is 0 Å². The molecule has 0 unspecified atom stereocenters. The minimum atomic E-state index is -1.56. The summed E-state index contributed by atoms with van der Waals surface area (Å²) in [7, 11) is 1.26. The molecule has 29 heavy (non-hydrogen) atoms. The molecule has 1 atom stereocenters. The summed E-state index contributed by atoms with van der Waals surface area (Å²) >= 11 is 0. The Morgan fingerprint density at radius 2 is 1.93 bits per heavy atom. The van der Waals surface area contributed by atoms with Gasteiger partial charge >= 0.3 is 5.97 Å². The molecule has 0 amide bonds. The van der Waals surface area contributed by atoms with Gasteiger partial charge in [-0.05, 0) is 42.4 Å². The number of carbonyl (C=O) groups excluding carboxylic acids is 2. The minimum absolute atomic E-state index is 0.107. The molecule has 1 aliphatic rings. The third-order valence-electron chi connectivity index (χ3n) is 4.94. The van der Waals surface area contributed by atoms with Crippen molar-refractivity contribution in [1.29, 1.82) is 0 Å². The lowest BCUT2D eigenvalue weighted by Gasteiger charge is -2.44. The first kappa shape index (κ1) is 22.4. The molecule has 1 aromatic rings. The molecular formula is C23H24F2O4. The number of methoxy groups -OCH3 is 1. The predicted molar refractivity (Wildman–Crippen MR) is 107 cm³/mol. The highest BCUT2D eigenvalue weighted by atomic mass is 19.1. The summed E-state index contributed by atoms with van der Waals surface area (Å²) in [6, 6.07) is 3.16. The highest BCUT2D eigenvalue weighted by molar-refractivity contribution is 5.94. The largest absolute Gasteiger partial charge is 0.466 e. The molecule has 2 rings (SSSR count). The van der Waals surface area contributed by atoms with Gasteiger partial charge in [-0.15, -0.1) is 0 Å². The van der Waals surface area contributed by atoms with Crippen molar-refractivity contribution >= 4 is 17.8 Å². The van der Waals surface area contributed by atoms with Crippen LogP contribution in [-0.4, -0.2) is 29.6 Å². The van der Waals surface area contributed by atoms with E-state index in [0.717, 1.165) is 12.1 Å². The van der Waals surface area contributed by atoms with Gasteiger partial charge < -0.3 is 9.84 Å². The van der Waals surface area contributed by atoms with Crippen LogP contribution in [0.5, 0.6) is 0 Å². The van der Waals surface area contributed by atoms with Gasteiger partial charge in [0.25, 0.3) is 0 Å². The number of benzene rings is 1. The van der Waals surface area contributed by atoms with Crippen molar-refractivity contribution in [1.82, 2.24) is 0 Å². The molecule has 0 aliphatic heterocycles. The second-order valence-electron chi connectivity index (χ2n) is 7.64. The Balaban J connectivity index is 2.46. The molecule has 0 saturated heterocycles. The molecule has 0 fully saturated rings. The highest BCUT2D eigenvalue weighted by Crippen LogP contribution is 2.45. The van der Waals surface area contributed by atoms with Crippen LogP contribution in [0.1, 0.15) is 32.8 Å². The van der Waals surface area contributed by atoms with E-state index < -0.39 is 28.6 Å². The number of esters is 1. The smallest absolute Gasteiger partial charge is 0.330 e. The number of ketones is 1. The Morgan fingerprint density at radius 1 is 1.24 bits per heavy atom. The zero-order valence-electron chi connectivity index (χ0n) is 16.8. The second kappa shape index (κ2) is 8.66. The standard InChI is InChI=1S/C23H24F2O4/c1-15(11-21(27)29-4)9-10-23(28)17(12-19(26)14-22(23,2)3)7-5-16-6-8-18(24)13-20(16)25/h5-13,28H,14H2,1-4H3/t23-/m1/s1. The van der Waals surface area contributed by atoms with Crippen LogP contribution in [0.2, 0.25) is 0 Å². The van der Waals surface area contributed by atoms with E-state index in [1.807, 2.05) is 0 Å². The summed E-state index contributed by atoms with van der Waals surface area (Å²) in [4.78, 5) is 23.6.